The minimum absolute atomic E-state index is 0.237. The Hall–Kier alpha value is -6.49. The minimum atomic E-state index is 0.237. The number of hydrogen-bond acceptors (Lipinski definition) is 2. The molecule has 2 unspecified atom stereocenters. The maximum absolute atomic E-state index is 3.82. The van der Waals surface area contributed by atoms with Gasteiger partial charge in [0.2, 0.25) is 0 Å². The molecular weight excluding hydrogens is 687 g/mol. The third kappa shape index (κ3) is 4.71. The molecule has 12 rings (SSSR count). The van der Waals surface area contributed by atoms with Crippen molar-refractivity contribution in [3.05, 3.63) is 203 Å². The quantitative estimate of drug-likeness (QED) is 0.195. The molecule has 1 N–H and O–H groups in total. The standard InChI is InChI=1S/C51H35N3S/c1-3-11-33(12-4-1)51-52-44-26-21-32-19-20-36-29-38(24-25-39(36)49(32)50(44)55-51)54-46-18-10-8-16-41(46)43-31-35(23-28-48(43)54)34-22-27-47-42(30-34)40-15-7-9-17-45(40)53(47)37-13-5-2-6-14-37/h1-20,22-32,51-52H,21H2. The van der Waals surface area contributed by atoms with Crippen LogP contribution in [0.25, 0.3) is 77.8 Å². The molecule has 4 heteroatoms. The minimum Gasteiger partial charge on any atom is -0.369 e. The average Bonchev–Trinajstić information content (AvgIpc) is 3.94. The van der Waals surface area contributed by atoms with Crippen LogP contribution in [-0.2, 0) is 0 Å². The van der Waals surface area contributed by atoms with E-state index in [1.165, 1.54) is 99.0 Å². The van der Waals surface area contributed by atoms with Gasteiger partial charge in [0.1, 0.15) is 5.37 Å². The molecule has 7 aromatic carbocycles. The third-order valence-corrected chi connectivity index (χ3v) is 13.1. The van der Waals surface area contributed by atoms with Gasteiger partial charge in [-0.25, -0.2) is 0 Å². The Kier molecular flexibility index (Phi) is 6.75. The van der Waals surface area contributed by atoms with E-state index < -0.39 is 0 Å². The summed E-state index contributed by atoms with van der Waals surface area (Å²) in [7, 11) is 0. The van der Waals surface area contributed by atoms with Gasteiger partial charge in [-0.2, -0.15) is 0 Å². The Morgan fingerprint density at radius 1 is 0.527 bits per heavy atom. The van der Waals surface area contributed by atoms with Crippen LogP contribution < -0.4 is 5.32 Å². The molecule has 0 saturated carbocycles. The van der Waals surface area contributed by atoms with Gasteiger partial charge in [-0.05, 0) is 100 Å². The summed E-state index contributed by atoms with van der Waals surface area (Å²) >= 11 is 1.96. The van der Waals surface area contributed by atoms with E-state index in [1.54, 1.807) is 0 Å². The van der Waals surface area contributed by atoms with Gasteiger partial charge in [0.15, 0.2) is 0 Å². The van der Waals surface area contributed by atoms with Crippen molar-refractivity contribution in [2.24, 2.45) is 5.92 Å². The molecule has 2 aromatic heterocycles. The van der Waals surface area contributed by atoms with E-state index in [0.29, 0.717) is 5.92 Å². The average molecular weight is 722 g/mol. The second-order valence-electron chi connectivity index (χ2n) is 14.9. The monoisotopic (exact) mass is 721 g/mol. The number of hydrogen-bond donors (Lipinski definition) is 1. The highest BCUT2D eigenvalue weighted by Gasteiger charge is 2.35. The summed E-state index contributed by atoms with van der Waals surface area (Å²) in [6, 6.07) is 60.2. The van der Waals surface area contributed by atoms with Crippen LogP contribution in [-0.4, -0.2) is 9.13 Å². The van der Waals surface area contributed by atoms with Gasteiger partial charge in [0.25, 0.3) is 0 Å². The molecule has 0 bridgehead atoms. The molecule has 1 aliphatic heterocycles. The van der Waals surface area contributed by atoms with E-state index in [9.17, 15) is 0 Å². The van der Waals surface area contributed by atoms with Gasteiger partial charge in [-0.15, -0.1) is 0 Å². The molecule has 3 heterocycles. The zero-order chi connectivity index (χ0) is 36.0. The molecule has 3 nitrogen and oxygen atoms in total. The van der Waals surface area contributed by atoms with E-state index in [0.717, 1.165) is 6.42 Å². The second kappa shape index (κ2) is 12.0. The first-order chi connectivity index (χ1) is 27.3. The summed E-state index contributed by atoms with van der Waals surface area (Å²) in [5, 5.41) is 9.13. The van der Waals surface area contributed by atoms with Crippen molar-refractivity contribution in [1.82, 2.24) is 14.5 Å². The predicted molar refractivity (Wildman–Crippen MR) is 233 cm³/mol. The molecule has 2 atom stereocenters. The van der Waals surface area contributed by atoms with E-state index >= 15 is 0 Å². The number of fused-ring (bicyclic) bond motifs is 10. The van der Waals surface area contributed by atoms with Gasteiger partial charge in [-0.3, -0.25) is 0 Å². The first kappa shape index (κ1) is 30.9. The SMILES string of the molecule is C1=CC2CC=C3NC(c4ccccc4)SC3=C2c2ccc(-n3c4ccccc4c4cc(-c5ccc6c(c5)c5ccccc5n6-c5ccccc5)ccc43)cc21. The third-order valence-electron chi connectivity index (χ3n) is 11.8. The lowest BCUT2D eigenvalue weighted by Gasteiger charge is -2.28. The smallest absolute Gasteiger partial charge is 0.103 e. The molecule has 1 fully saturated rings. The van der Waals surface area contributed by atoms with Crippen molar-refractivity contribution in [3.63, 3.8) is 0 Å². The van der Waals surface area contributed by atoms with Crippen molar-refractivity contribution < 1.29 is 0 Å². The first-order valence-electron chi connectivity index (χ1n) is 19.1. The van der Waals surface area contributed by atoms with Gasteiger partial charge < -0.3 is 14.5 Å². The largest absolute Gasteiger partial charge is 0.369 e. The van der Waals surface area contributed by atoms with Crippen molar-refractivity contribution in [2.45, 2.75) is 11.8 Å². The topological polar surface area (TPSA) is 21.9 Å². The molecule has 9 aromatic rings. The van der Waals surface area contributed by atoms with Crippen molar-refractivity contribution in [1.29, 1.82) is 0 Å². The molecule has 260 valence electrons. The Morgan fingerprint density at radius 3 is 1.82 bits per heavy atom. The number of nitrogens with one attached hydrogen (secondary N) is 1. The molecule has 2 aliphatic carbocycles. The fourth-order valence-electron chi connectivity index (χ4n) is 9.32. The Labute approximate surface area is 323 Å². The van der Waals surface area contributed by atoms with Crippen LogP contribution in [0, 0.1) is 5.92 Å². The lowest BCUT2D eigenvalue weighted by molar-refractivity contribution is 0.781. The summed E-state index contributed by atoms with van der Waals surface area (Å²) in [5.41, 5.74) is 16.4. The number of thioether (sulfide) groups is 1. The molecule has 0 radical (unpaired) electrons. The number of para-hydroxylation sites is 3. The molecule has 3 aliphatic rings. The number of aromatic nitrogens is 2. The zero-order valence-corrected chi connectivity index (χ0v) is 30.8. The van der Waals surface area contributed by atoms with Crippen LogP contribution >= 0.6 is 11.8 Å². The van der Waals surface area contributed by atoms with Gasteiger partial charge in [0, 0.05) is 49.4 Å². The predicted octanol–water partition coefficient (Wildman–Crippen LogP) is 13.2. The van der Waals surface area contributed by atoms with Crippen LogP contribution in [0.4, 0.5) is 0 Å². The van der Waals surface area contributed by atoms with E-state index in [2.05, 4.69) is 196 Å². The zero-order valence-electron chi connectivity index (χ0n) is 30.0. The molecule has 0 amide bonds. The molecule has 55 heavy (non-hydrogen) atoms. The lowest BCUT2D eigenvalue weighted by atomic mass is 9.79. The summed E-state index contributed by atoms with van der Waals surface area (Å²) in [6.07, 6.45) is 8.20. The van der Waals surface area contributed by atoms with Gasteiger partial charge in [0.05, 0.1) is 22.1 Å². The van der Waals surface area contributed by atoms with Crippen molar-refractivity contribution in [2.75, 3.05) is 0 Å². The highest BCUT2D eigenvalue weighted by atomic mass is 32.2. The van der Waals surface area contributed by atoms with E-state index in [-0.39, 0.29) is 5.37 Å². The van der Waals surface area contributed by atoms with Crippen molar-refractivity contribution >= 4 is 67.0 Å². The Morgan fingerprint density at radius 2 is 1.13 bits per heavy atom. The van der Waals surface area contributed by atoms with Crippen molar-refractivity contribution in [3.8, 4) is 22.5 Å². The Bertz CT molecular complexity index is 3120. The van der Waals surface area contributed by atoms with Crippen LogP contribution in [0.1, 0.15) is 28.5 Å². The fraction of sp³-hybridized carbons (Fsp3) is 0.0588. The van der Waals surface area contributed by atoms with Gasteiger partial charge in [-0.1, -0.05) is 133 Å². The van der Waals surface area contributed by atoms with E-state index in [1.807, 2.05) is 11.8 Å². The molecular formula is C51H35N3S. The number of nitrogens with zero attached hydrogens (tertiary/aromatic N) is 2. The number of allylic oxidation sites excluding steroid dienone is 3. The molecule has 1 saturated heterocycles. The number of benzene rings is 7. The highest BCUT2D eigenvalue weighted by Crippen LogP contribution is 2.53. The first-order valence-corrected chi connectivity index (χ1v) is 20.0. The van der Waals surface area contributed by atoms with Crippen LogP contribution in [0.15, 0.2) is 187 Å². The summed E-state index contributed by atoms with van der Waals surface area (Å²) < 4.78 is 4.83. The van der Waals surface area contributed by atoms with Crippen LogP contribution in [0.3, 0.4) is 0 Å². The Balaban J connectivity index is 0.968. The van der Waals surface area contributed by atoms with Gasteiger partial charge >= 0.3 is 0 Å². The maximum atomic E-state index is 3.82. The van der Waals surface area contributed by atoms with Crippen LogP contribution in [0.5, 0.6) is 0 Å². The summed E-state index contributed by atoms with van der Waals surface area (Å²) in [5.74, 6) is 0.404. The summed E-state index contributed by atoms with van der Waals surface area (Å²) in [6.45, 7) is 0. The number of rotatable bonds is 4. The highest BCUT2D eigenvalue weighted by molar-refractivity contribution is 8.04. The lowest BCUT2D eigenvalue weighted by Crippen LogP contribution is -2.16. The van der Waals surface area contributed by atoms with E-state index in [4.69, 9.17) is 0 Å². The molecule has 0 spiro atoms. The fourth-order valence-corrected chi connectivity index (χ4v) is 10.7. The van der Waals surface area contributed by atoms with Crippen LogP contribution in [0.2, 0.25) is 0 Å². The summed E-state index contributed by atoms with van der Waals surface area (Å²) in [4.78, 5) is 1.40. The normalized spacial score (nSPS) is 17.4. The maximum Gasteiger partial charge on any atom is 0.103 e. The second-order valence-corrected chi connectivity index (χ2v) is 16.0.